The number of aromatic nitrogens is 3. The van der Waals surface area contributed by atoms with Gasteiger partial charge in [0, 0.05) is 43.7 Å². The fourth-order valence-electron chi connectivity index (χ4n) is 4.64. The molecular formula is C23H27N5O3. The predicted molar refractivity (Wildman–Crippen MR) is 117 cm³/mol. The fraction of sp³-hybridized carbons (Fsp3) is 0.435. The highest BCUT2D eigenvalue weighted by molar-refractivity contribution is 5.98. The average molecular weight is 422 g/mol. The lowest BCUT2D eigenvalue weighted by Gasteiger charge is -2.32. The molecule has 162 valence electrons. The summed E-state index contributed by atoms with van der Waals surface area (Å²) < 4.78 is 9.18. The van der Waals surface area contributed by atoms with E-state index in [4.69, 9.17) is 4.74 Å². The summed E-state index contributed by atoms with van der Waals surface area (Å²) in [6.07, 6.45) is 4.07. The Morgan fingerprint density at radius 3 is 2.68 bits per heavy atom. The van der Waals surface area contributed by atoms with Gasteiger partial charge in [0.25, 0.3) is 5.91 Å². The van der Waals surface area contributed by atoms with E-state index in [0.29, 0.717) is 32.0 Å². The van der Waals surface area contributed by atoms with Gasteiger partial charge in [0.1, 0.15) is 11.5 Å². The Labute approximate surface area is 180 Å². The zero-order chi connectivity index (χ0) is 21.4. The Morgan fingerprint density at radius 1 is 1.13 bits per heavy atom. The van der Waals surface area contributed by atoms with Gasteiger partial charge >= 0.3 is 0 Å². The number of ether oxygens (including phenoxy) is 1. The van der Waals surface area contributed by atoms with Crippen molar-refractivity contribution < 1.29 is 14.3 Å². The van der Waals surface area contributed by atoms with Crippen LogP contribution in [0.25, 0.3) is 10.9 Å². The maximum atomic E-state index is 13.2. The van der Waals surface area contributed by atoms with E-state index in [1.54, 1.807) is 6.20 Å². The molecule has 2 saturated heterocycles. The summed E-state index contributed by atoms with van der Waals surface area (Å²) in [6, 6.07) is 12.0. The number of carbonyl (C=O) groups is 2. The van der Waals surface area contributed by atoms with Crippen molar-refractivity contribution in [1.29, 1.82) is 0 Å². The molecule has 4 heterocycles. The molecule has 8 heteroatoms. The lowest BCUT2D eigenvalue weighted by molar-refractivity contribution is -0.119. The number of piperidine rings is 1. The molecule has 0 aliphatic carbocycles. The summed E-state index contributed by atoms with van der Waals surface area (Å²) in [6.45, 7) is 2.44. The smallest absolute Gasteiger partial charge is 0.270 e. The first kappa shape index (κ1) is 19.8. The number of aryl methyl sites for hydroxylation is 1. The van der Waals surface area contributed by atoms with E-state index in [9.17, 15) is 9.59 Å². The number of carbonyl (C=O) groups excluding carboxylic acids is 2. The zero-order valence-electron chi connectivity index (χ0n) is 17.7. The van der Waals surface area contributed by atoms with Crippen molar-refractivity contribution in [3.63, 3.8) is 0 Å². The van der Waals surface area contributed by atoms with Crippen molar-refractivity contribution in [3.8, 4) is 0 Å². The van der Waals surface area contributed by atoms with Crippen LogP contribution in [0.4, 0.5) is 5.82 Å². The molecule has 2 amide bonds. The number of anilines is 1. The minimum atomic E-state index is -0.0939. The van der Waals surface area contributed by atoms with Crippen LogP contribution in [-0.2, 0) is 16.6 Å². The molecule has 2 fully saturated rings. The van der Waals surface area contributed by atoms with Gasteiger partial charge in [-0.25, -0.2) is 4.68 Å². The molecule has 1 aromatic carbocycles. The molecular weight excluding hydrogens is 394 g/mol. The van der Waals surface area contributed by atoms with Gasteiger partial charge in [-0.3, -0.25) is 9.59 Å². The van der Waals surface area contributed by atoms with Crippen LogP contribution in [0.3, 0.4) is 0 Å². The summed E-state index contributed by atoms with van der Waals surface area (Å²) >= 11 is 0. The molecule has 2 aliphatic rings. The van der Waals surface area contributed by atoms with Crippen molar-refractivity contribution >= 4 is 28.5 Å². The SMILES string of the molecule is Cn1c(C(=O)N2CCC(n3nccc3NC(=O)C3CCOC3)CC2)cc2ccccc21. The van der Waals surface area contributed by atoms with Crippen molar-refractivity contribution in [1.82, 2.24) is 19.2 Å². The van der Waals surface area contributed by atoms with E-state index in [2.05, 4.69) is 10.4 Å². The van der Waals surface area contributed by atoms with E-state index in [0.717, 1.165) is 36.0 Å². The van der Waals surface area contributed by atoms with E-state index in [1.807, 2.05) is 57.6 Å². The number of hydrogen-bond donors (Lipinski definition) is 1. The maximum Gasteiger partial charge on any atom is 0.270 e. The highest BCUT2D eigenvalue weighted by Gasteiger charge is 2.29. The van der Waals surface area contributed by atoms with Gasteiger partial charge in [0.2, 0.25) is 5.91 Å². The second-order valence-corrected chi connectivity index (χ2v) is 8.38. The largest absolute Gasteiger partial charge is 0.381 e. The maximum absolute atomic E-state index is 13.2. The van der Waals surface area contributed by atoms with Crippen molar-refractivity contribution in [3.05, 3.63) is 48.3 Å². The summed E-state index contributed by atoms with van der Waals surface area (Å²) in [7, 11) is 1.94. The highest BCUT2D eigenvalue weighted by Crippen LogP contribution is 2.28. The normalized spacial score (nSPS) is 19.8. The summed E-state index contributed by atoms with van der Waals surface area (Å²) in [5, 5.41) is 8.54. The van der Waals surface area contributed by atoms with Crippen LogP contribution in [0.1, 0.15) is 35.8 Å². The van der Waals surface area contributed by atoms with E-state index in [1.165, 1.54) is 0 Å². The van der Waals surface area contributed by atoms with Crippen LogP contribution in [0.15, 0.2) is 42.6 Å². The van der Waals surface area contributed by atoms with Crippen LogP contribution in [0, 0.1) is 5.92 Å². The second-order valence-electron chi connectivity index (χ2n) is 8.38. The third-order valence-electron chi connectivity index (χ3n) is 6.49. The van der Waals surface area contributed by atoms with Crippen LogP contribution in [0.5, 0.6) is 0 Å². The third-order valence-corrected chi connectivity index (χ3v) is 6.49. The number of benzene rings is 1. The lowest BCUT2D eigenvalue weighted by Crippen LogP contribution is -2.40. The van der Waals surface area contributed by atoms with Gasteiger partial charge in [0.15, 0.2) is 0 Å². The molecule has 0 radical (unpaired) electrons. The first-order valence-electron chi connectivity index (χ1n) is 10.9. The zero-order valence-corrected chi connectivity index (χ0v) is 17.7. The summed E-state index contributed by atoms with van der Waals surface area (Å²) in [5.74, 6) is 0.675. The lowest BCUT2D eigenvalue weighted by atomic mass is 10.0. The summed E-state index contributed by atoms with van der Waals surface area (Å²) in [5.41, 5.74) is 1.77. The van der Waals surface area contributed by atoms with Crippen molar-refractivity contribution in [2.45, 2.75) is 25.3 Å². The molecule has 0 saturated carbocycles. The molecule has 2 aromatic heterocycles. The van der Waals surface area contributed by atoms with Crippen LogP contribution < -0.4 is 5.32 Å². The first-order chi connectivity index (χ1) is 15.1. The number of likely N-dealkylation sites (tertiary alicyclic amines) is 1. The van der Waals surface area contributed by atoms with Gasteiger partial charge in [-0.05, 0) is 31.4 Å². The number of amides is 2. The number of nitrogens with zero attached hydrogens (tertiary/aromatic N) is 4. The molecule has 0 spiro atoms. The highest BCUT2D eigenvalue weighted by atomic mass is 16.5. The molecule has 2 aliphatic heterocycles. The van der Waals surface area contributed by atoms with Gasteiger partial charge in [-0.1, -0.05) is 18.2 Å². The standard InChI is InChI=1S/C23H27N5O3/c1-26-19-5-3-2-4-16(19)14-20(26)23(30)27-11-7-18(8-12-27)28-21(6-10-24-28)25-22(29)17-9-13-31-15-17/h2-6,10,14,17-18H,7-9,11-13,15H2,1H3,(H,25,29). The van der Waals surface area contributed by atoms with Gasteiger partial charge in [-0.2, -0.15) is 5.10 Å². The van der Waals surface area contributed by atoms with Gasteiger partial charge in [0.05, 0.1) is 24.8 Å². The summed E-state index contributed by atoms with van der Waals surface area (Å²) in [4.78, 5) is 27.5. The average Bonchev–Trinajstić information content (AvgIpc) is 3.54. The quantitative estimate of drug-likeness (QED) is 0.702. The number of rotatable bonds is 4. The molecule has 1 atom stereocenters. The Morgan fingerprint density at radius 2 is 1.94 bits per heavy atom. The van der Waals surface area contributed by atoms with Crippen LogP contribution in [0.2, 0.25) is 0 Å². The van der Waals surface area contributed by atoms with E-state index < -0.39 is 0 Å². The van der Waals surface area contributed by atoms with Gasteiger partial charge < -0.3 is 19.5 Å². The predicted octanol–water partition coefficient (Wildman–Crippen LogP) is 2.83. The van der Waals surface area contributed by atoms with Crippen LogP contribution in [-0.4, -0.2) is 57.4 Å². The minimum absolute atomic E-state index is 0.0114. The molecule has 0 bridgehead atoms. The Kier molecular flexibility index (Phi) is 5.23. The third kappa shape index (κ3) is 3.72. The topological polar surface area (TPSA) is 81.4 Å². The first-order valence-corrected chi connectivity index (χ1v) is 10.9. The Hall–Kier alpha value is -3.13. The van der Waals surface area contributed by atoms with E-state index >= 15 is 0 Å². The van der Waals surface area contributed by atoms with Crippen LogP contribution >= 0.6 is 0 Å². The number of para-hydroxylation sites is 1. The number of nitrogens with one attached hydrogen (secondary N) is 1. The second kappa shape index (κ2) is 8.19. The number of hydrogen-bond acceptors (Lipinski definition) is 4. The molecule has 31 heavy (non-hydrogen) atoms. The molecule has 1 unspecified atom stereocenters. The fourth-order valence-corrected chi connectivity index (χ4v) is 4.64. The van der Waals surface area contributed by atoms with E-state index in [-0.39, 0.29) is 23.8 Å². The minimum Gasteiger partial charge on any atom is -0.381 e. The Balaban J connectivity index is 1.24. The monoisotopic (exact) mass is 421 g/mol. The molecule has 8 nitrogen and oxygen atoms in total. The molecule has 1 N–H and O–H groups in total. The number of fused-ring (bicyclic) bond motifs is 1. The molecule has 3 aromatic rings. The Bertz CT molecular complexity index is 1100. The molecule has 5 rings (SSSR count). The van der Waals surface area contributed by atoms with Crippen molar-refractivity contribution in [2.24, 2.45) is 13.0 Å². The van der Waals surface area contributed by atoms with Gasteiger partial charge in [-0.15, -0.1) is 0 Å². The van der Waals surface area contributed by atoms with Crippen molar-refractivity contribution in [2.75, 3.05) is 31.6 Å².